The highest BCUT2D eigenvalue weighted by Crippen LogP contribution is 2.11. The van der Waals surface area contributed by atoms with Gasteiger partial charge in [-0.2, -0.15) is 0 Å². The van der Waals surface area contributed by atoms with Crippen LogP contribution >= 0.6 is 0 Å². The molecule has 4 nitrogen and oxygen atoms in total. The van der Waals surface area contributed by atoms with Gasteiger partial charge in [0.15, 0.2) is 0 Å². The van der Waals surface area contributed by atoms with Crippen molar-refractivity contribution < 1.29 is 9.53 Å². The van der Waals surface area contributed by atoms with Crippen LogP contribution in [0.2, 0.25) is 0 Å². The van der Waals surface area contributed by atoms with Crippen LogP contribution in [-0.4, -0.2) is 45.2 Å². The fraction of sp³-hybridized carbons (Fsp3) is 0.533. The van der Waals surface area contributed by atoms with Gasteiger partial charge in [0.25, 0.3) is 0 Å². The number of hydrogen-bond donors (Lipinski definition) is 1. The molecule has 1 aromatic carbocycles. The third kappa shape index (κ3) is 5.75. The Labute approximate surface area is 115 Å². The summed E-state index contributed by atoms with van der Waals surface area (Å²) in [6.07, 6.45) is 0.452. The van der Waals surface area contributed by atoms with Crippen LogP contribution in [0.3, 0.4) is 0 Å². The summed E-state index contributed by atoms with van der Waals surface area (Å²) in [4.78, 5) is 13.2. The van der Waals surface area contributed by atoms with Crippen molar-refractivity contribution in [3.63, 3.8) is 0 Å². The Kier molecular flexibility index (Phi) is 6.36. The maximum atomic E-state index is 11.6. The average Bonchev–Trinajstić information content (AvgIpc) is 2.38. The monoisotopic (exact) mass is 264 g/mol. The molecule has 0 aliphatic heterocycles. The number of rotatable bonds is 7. The second-order valence-corrected chi connectivity index (χ2v) is 5.10. The number of carbonyl (C=O) groups is 1. The van der Waals surface area contributed by atoms with Crippen molar-refractivity contribution in [3.8, 4) is 0 Å². The van der Waals surface area contributed by atoms with Crippen molar-refractivity contribution >= 4 is 11.6 Å². The molecule has 1 atom stereocenters. The van der Waals surface area contributed by atoms with Gasteiger partial charge in [-0.05, 0) is 23.6 Å². The topological polar surface area (TPSA) is 41.6 Å². The quantitative estimate of drug-likeness (QED) is 0.819. The SMILES string of the molecule is COCC(C)CNc1ccc(CC(=O)N(C)C)cc1. The number of hydrogen-bond acceptors (Lipinski definition) is 3. The summed E-state index contributed by atoms with van der Waals surface area (Å²) in [6.45, 7) is 3.77. The van der Waals surface area contributed by atoms with Gasteiger partial charge in [0.2, 0.25) is 5.91 Å². The van der Waals surface area contributed by atoms with Gasteiger partial charge in [-0.1, -0.05) is 19.1 Å². The normalized spacial score (nSPS) is 12.0. The second kappa shape index (κ2) is 7.79. The van der Waals surface area contributed by atoms with Crippen LogP contribution in [0.5, 0.6) is 0 Å². The maximum absolute atomic E-state index is 11.6. The average molecular weight is 264 g/mol. The van der Waals surface area contributed by atoms with Crippen LogP contribution in [0.1, 0.15) is 12.5 Å². The summed E-state index contributed by atoms with van der Waals surface area (Å²) in [5.41, 5.74) is 2.11. The standard InChI is InChI=1S/C15H24N2O2/c1-12(11-19-4)10-16-14-7-5-13(6-8-14)9-15(18)17(2)3/h5-8,12,16H,9-11H2,1-4H3. The van der Waals surface area contributed by atoms with Gasteiger partial charge in [-0.15, -0.1) is 0 Å². The van der Waals surface area contributed by atoms with Gasteiger partial charge in [0.05, 0.1) is 13.0 Å². The Morgan fingerprint density at radius 1 is 1.32 bits per heavy atom. The van der Waals surface area contributed by atoms with Gasteiger partial charge >= 0.3 is 0 Å². The van der Waals surface area contributed by atoms with Crippen molar-refractivity contribution in [1.29, 1.82) is 0 Å². The minimum Gasteiger partial charge on any atom is -0.385 e. The first kappa shape index (κ1) is 15.5. The molecule has 0 fully saturated rings. The Balaban J connectivity index is 2.45. The van der Waals surface area contributed by atoms with E-state index in [0.29, 0.717) is 12.3 Å². The molecule has 1 unspecified atom stereocenters. The van der Waals surface area contributed by atoms with Gasteiger partial charge in [-0.25, -0.2) is 0 Å². The fourth-order valence-electron chi connectivity index (χ4n) is 1.71. The number of carbonyl (C=O) groups excluding carboxylic acids is 1. The van der Waals surface area contributed by atoms with Crippen molar-refractivity contribution in [3.05, 3.63) is 29.8 Å². The molecule has 0 aromatic heterocycles. The molecular formula is C15H24N2O2. The van der Waals surface area contributed by atoms with Crippen LogP contribution < -0.4 is 5.32 Å². The number of likely N-dealkylation sites (N-methyl/N-ethyl adjacent to an activating group) is 1. The summed E-state index contributed by atoms with van der Waals surface area (Å²) in [6, 6.07) is 8.00. The van der Waals surface area contributed by atoms with Crippen molar-refractivity contribution in [2.75, 3.05) is 39.7 Å². The lowest BCUT2D eigenvalue weighted by Gasteiger charge is -2.13. The van der Waals surface area contributed by atoms with Crippen LogP contribution in [0.15, 0.2) is 24.3 Å². The molecule has 0 aliphatic rings. The number of ether oxygens (including phenoxy) is 1. The molecule has 1 rings (SSSR count). The molecule has 4 heteroatoms. The van der Waals surface area contributed by atoms with Gasteiger partial charge in [0.1, 0.15) is 0 Å². The zero-order chi connectivity index (χ0) is 14.3. The third-order valence-corrected chi connectivity index (χ3v) is 2.91. The number of amides is 1. The molecule has 0 aliphatic carbocycles. The van der Waals surface area contributed by atoms with E-state index in [4.69, 9.17) is 4.74 Å². The number of nitrogens with one attached hydrogen (secondary N) is 1. The van der Waals surface area contributed by atoms with E-state index in [0.717, 1.165) is 24.4 Å². The minimum atomic E-state index is 0.120. The highest BCUT2D eigenvalue weighted by molar-refractivity contribution is 5.78. The molecule has 0 saturated heterocycles. The van der Waals surface area contributed by atoms with Gasteiger partial charge in [-0.3, -0.25) is 4.79 Å². The highest BCUT2D eigenvalue weighted by atomic mass is 16.5. The Hall–Kier alpha value is -1.55. The third-order valence-electron chi connectivity index (χ3n) is 2.91. The van der Waals surface area contributed by atoms with Gasteiger partial charge < -0.3 is 15.0 Å². The summed E-state index contributed by atoms with van der Waals surface area (Å²) < 4.78 is 5.10. The summed E-state index contributed by atoms with van der Waals surface area (Å²) >= 11 is 0. The van der Waals surface area contributed by atoms with Crippen LogP contribution in [0.4, 0.5) is 5.69 Å². The van der Waals surface area contributed by atoms with Crippen molar-refractivity contribution in [1.82, 2.24) is 4.90 Å². The Morgan fingerprint density at radius 2 is 1.95 bits per heavy atom. The van der Waals surface area contributed by atoms with E-state index in [-0.39, 0.29) is 5.91 Å². The van der Waals surface area contributed by atoms with E-state index in [2.05, 4.69) is 12.2 Å². The molecule has 1 aromatic rings. The zero-order valence-corrected chi connectivity index (χ0v) is 12.3. The van der Waals surface area contributed by atoms with Gasteiger partial charge in [0, 0.05) is 33.4 Å². The maximum Gasteiger partial charge on any atom is 0.226 e. The van der Waals surface area contributed by atoms with E-state index < -0.39 is 0 Å². The molecule has 0 radical (unpaired) electrons. The number of benzene rings is 1. The van der Waals surface area contributed by atoms with Crippen molar-refractivity contribution in [2.24, 2.45) is 5.92 Å². The number of nitrogens with zero attached hydrogens (tertiary/aromatic N) is 1. The molecule has 1 amide bonds. The minimum absolute atomic E-state index is 0.120. The van der Waals surface area contributed by atoms with E-state index >= 15 is 0 Å². The smallest absolute Gasteiger partial charge is 0.226 e. The second-order valence-electron chi connectivity index (χ2n) is 5.10. The zero-order valence-electron chi connectivity index (χ0n) is 12.3. The molecule has 19 heavy (non-hydrogen) atoms. The van der Waals surface area contributed by atoms with E-state index in [1.54, 1.807) is 26.1 Å². The number of anilines is 1. The van der Waals surface area contributed by atoms with Crippen LogP contribution in [0, 0.1) is 5.92 Å². The Bertz CT molecular complexity index is 388. The van der Waals surface area contributed by atoms with E-state index in [1.807, 2.05) is 24.3 Å². The fourth-order valence-corrected chi connectivity index (χ4v) is 1.71. The van der Waals surface area contributed by atoms with Crippen LogP contribution in [0.25, 0.3) is 0 Å². The summed E-state index contributed by atoms with van der Waals surface area (Å²) in [7, 11) is 5.26. The lowest BCUT2D eigenvalue weighted by Crippen LogP contribution is -2.23. The highest BCUT2D eigenvalue weighted by Gasteiger charge is 2.05. The predicted octanol–water partition coefficient (Wildman–Crippen LogP) is 2.01. The van der Waals surface area contributed by atoms with E-state index in [1.165, 1.54) is 0 Å². The van der Waals surface area contributed by atoms with Crippen LogP contribution in [-0.2, 0) is 16.0 Å². The van der Waals surface area contributed by atoms with Crippen molar-refractivity contribution in [2.45, 2.75) is 13.3 Å². The molecule has 0 saturated carbocycles. The molecule has 1 N–H and O–H groups in total. The summed E-state index contributed by atoms with van der Waals surface area (Å²) in [5.74, 6) is 0.592. The molecular weight excluding hydrogens is 240 g/mol. The Morgan fingerprint density at radius 3 is 2.47 bits per heavy atom. The molecule has 0 bridgehead atoms. The molecule has 106 valence electrons. The predicted molar refractivity (Wildman–Crippen MR) is 78.4 cm³/mol. The lowest BCUT2D eigenvalue weighted by molar-refractivity contribution is -0.127. The lowest BCUT2D eigenvalue weighted by atomic mass is 10.1. The molecule has 0 spiro atoms. The first-order chi connectivity index (χ1) is 9.02. The largest absolute Gasteiger partial charge is 0.385 e. The molecule has 0 heterocycles. The number of methoxy groups -OCH3 is 1. The first-order valence-corrected chi connectivity index (χ1v) is 6.54. The summed E-state index contributed by atoms with van der Waals surface area (Å²) in [5, 5.41) is 3.36. The first-order valence-electron chi connectivity index (χ1n) is 6.54. The van der Waals surface area contributed by atoms with E-state index in [9.17, 15) is 4.79 Å².